The van der Waals surface area contributed by atoms with Gasteiger partial charge in [0.1, 0.15) is 5.76 Å². The number of carbonyl (C=O) groups excluding carboxylic acids is 1. The third-order valence-electron chi connectivity index (χ3n) is 4.43. The summed E-state index contributed by atoms with van der Waals surface area (Å²) in [5, 5.41) is 13.3. The molecular formula is C16H25NO3. The Hall–Kier alpha value is -1.29. The third-order valence-corrected chi connectivity index (χ3v) is 4.43. The summed E-state index contributed by atoms with van der Waals surface area (Å²) in [6.07, 6.45) is 5.58. The molecule has 1 saturated carbocycles. The lowest BCUT2D eigenvalue weighted by atomic mass is 9.78. The fraction of sp³-hybridized carbons (Fsp3) is 0.688. The highest BCUT2D eigenvalue weighted by Gasteiger charge is 2.33. The second-order valence-electron chi connectivity index (χ2n) is 5.88. The van der Waals surface area contributed by atoms with Crippen molar-refractivity contribution < 1.29 is 14.3 Å². The molecule has 0 radical (unpaired) electrons. The molecule has 1 heterocycles. The van der Waals surface area contributed by atoms with Crippen molar-refractivity contribution in [3.05, 3.63) is 23.7 Å². The van der Waals surface area contributed by atoms with E-state index in [1.165, 1.54) is 6.42 Å². The number of rotatable bonds is 5. The minimum Gasteiger partial charge on any atom is -0.456 e. The summed E-state index contributed by atoms with van der Waals surface area (Å²) in [4.78, 5) is 12.0. The molecule has 1 aromatic heterocycles. The number of hydrogen-bond donors (Lipinski definition) is 2. The molecule has 1 amide bonds. The van der Waals surface area contributed by atoms with Crippen molar-refractivity contribution in [1.82, 2.24) is 5.32 Å². The first-order chi connectivity index (χ1) is 9.56. The number of furan rings is 1. The predicted octanol–water partition coefficient (Wildman–Crippen LogP) is 2.90. The lowest BCUT2D eigenvalue weighted by Crippen LogP contribution is -2.45. The van der Waals surface area contributed by atoms with Gasteiger partial charge in [0.25, 0.3) is 5.91 Å². The van der Waals surface area contributed by atoms with Crippen LogP contribution >= 0.6 is 0 Å². The first-order valence-corrected chi connectivity index (χ1v) is 7.65. The first kappa shape index (κ1) is 15.1. The molecule has 0 spiro atoms. The highest BCUT2D eigenvalue weighted by atomic mass is 16.3. The molecule has 20 heavy (non-hydrogen) atoms. The zero-order chi connectivity index (χ0) is 14.6. The van der Waals surface area contributed by atoms with Crippen LogP contribution in [0.2, 0.25) is 0 Å². The van der Waals surface area contributed by atoms with Crippen molar-refractivity contribution in [2.24, 2.45) is 5.92 Å². The molecule has 0 atom stereocenters. The maximum atomic E-state index is 12.0. The van der Waals surface area contributed by atoms with Gasteiger partial charge in [0.2, 0.25) is 0 Å². The molecule has 4 nitrogen and oxygen atoms in total. The summed E-state index contributed by atoms with van der Waals surface area (Å²) in [6, 6.07) is 3.50. The molecule has 2 rings (SSSR count). The zero-order valence-electron chi connectivity index (χ0n) is 12.4. The van der Waals surface area contributed by atoms with Crippen molar-refractivity contribution in [1.29, 1.82) is 0 Å². The van der Waals surface area contributed by atoms with Crippen molar-refractivity contribution in [2.45, 2.75) is 58.0 Å². The summed E-state index contributed by atoms with van der Waals surface area (Å²) in [6.45, 7) is 4.48. The fourth-order valence-electron chi connectivity index (χ4n) is 2.82. The third kappa shape index (κ3) is 3.63. The number of amides is 1. The van der Waals surface area contributed by atoms with E-state index in [0.717, 1.165) is 43.8 Å². The highest BCUT2D eigenvalue weighted by Crippen LogP contribution is 2.33. The van der Waals surface area contributed by atoms with Gasteiger partial charge in [-0.2, -0.15) is 0 Å². The maximum absolute atomic E-state index is 12.0. The topological polar surface area (TPSA) is 62.5 Å². The van der Waals surface area contributed by atoms with Crippen LogP contribution in [0.5, 0.6) is 0 Å². The summed E-state index contributed by atoms with van der Waals surface area (Å²) in [7, 11) is 0. The van der Waals surface area contributed by atoms with E-state index in [2.05, 4.69) is 12.2 Å². The second kappa shape index (κ2) is 6.44. The van der Waals surface area contributed by atoms with Crippen molar-refractivity contribution in [2.75, 3.05) is 6.54 Å². The Morgan fingerprint density at radius 1 is 1.40 bits per heavy atom. The van der Waals surface area contributed by atoms with Crippen LogP contribution in [0.15, 0.2) is 16.5 Å². The van der Waals surface area contributed by atoms with Gasteiger partial charge in [0, 0.05) is 13.0 Å². The first-order valence-electron chi connectivity index (χ1n) is 7.65. The molecule has 1 aromatic rings. The molecule has 1 aliphatic rings. The Labute approximate surface area is 120 Å². The Kier molecular flexibility index (Phi) is 4.86. The van der Waals surface area contributed by atoms with Crippen LogP contribution in [0, 0.1) is 5.92 Å². The Bertz CT molecular complexity index is 444. The summed E-state index contributed by atoms with van der Waals surface area (Å²) >= 11 is 0. The van der Waals surface area contributed by atoms with Gasteiger partial charge in [-0.25, -0.2) is 0 Å². The smallest absolute Gasteiger partial charge is 0.287 e. The van der Waals surface area contributed by atoms with E-state index in [9.17, 15) is 9.90 Å². The van der Waals surface area contributed by atoms with Crippen molar-refractivity contribution >= 4 is 5.91 Å². The summed E-state index contributed by atoms with van der Waals surface area (Å²) in [5.41, 5.74) is -0.749. The van der Waals surface area contributed by atoms with Gasteiger partial charge in [0.05, 0.1) is 5.60 Å². The van der Waals surface area contributed by atoms with E-state index in [0.29, 0.717) is 12.3 Å². The molecule has 112 valence electrons. The maximum Gasteiger partial charge on any atom is 0.287 e. The van der Waals surface area contributed by atoms with Gasteiger partial charge in [-0.05, 0) is 43.7 Å². The van der Waals surface area contributed by atoms with E-state index in [-0.39, 0.29) is 5.91 Å². The predicted molar refractivity (Wildman–Crippen MR) is 77.6 cm³/mol. The van der Waals surface area contributed by atoms with Gasteiger partial charge < -0.3 is 14.8 Å². The van der Waals surface area contributed by atoms with Crippen LogP contribution in [0.4, 0.5) is 0 Å². The molecule has 2 N–H and O–H groups in total. The normalized spacial score (nSPS) is 26.4. The number of carbonyl (C=O) groups is 1. The van der Waals surface area contributed by atoms with E-state index in [1.54, 1.807) is 6.07 Å². The van der Waals surface area contributed by atoms with E-state index >= 15 is 0 Å². The average molecular weight is 279 g/mol. The minimum absolute atomic E-state index is 0.240. The number of aryl methyl sites for hydroxylation is 1. The summed E-state index contributed by atoms with van der Waals surface area (Å²) in [5.74, 6) is 1.61. The molecule has 0 aliphatic heterocycles. The van der Waals surface area contributed by atoms with Gasteiger partial charge in [-0.15, -0.1) is 0 Å². The number of nitrogens with one attached hydrogen (secondary N) is 1. The lowest BCUT2D eigenvalue weighted by Gasteiger charge is -2.35. The average Bonchev–Trinajstić information content (AvgIpc) is 2.95. The highest BCUT2D eigenvalue weighted by molar-refractivity contribution is 5.91. The van der Waals surface area contributed by atoms with Gasteiger partial charge in [-0.3, -0.25) is 4.79 Å². The molecular weight excluding hydrogens is 254 g/mol. The number of hydrogen-bond acceptors (Lipinski definition) is 3. The van der Waals surface area contributed by atoms with Crippen molar-refractivity contribution in [3.8, 4) is 0 Å². The molecule has 1 aliphatic carbocycles. The number of aliphatic hydroxyl groups is 1. The molecule has 1 fully saturated rings. The van der Waals surface area contributed by atoms with Gasteiger partial charge in [-0.1, -0.05) is 20.3 Å². The minimum atomic E-state index is -0.749. The van der Waals surface area contributed by atoms with E-state index < -0.39 is 5.60 Å². The van der Waals surface area contributed by atoms with Crippen LogP contribution in [0.1, 0.15) is 62.3 Å². The van der Waals surface area contributed by atoms with E-state index in [4.69, 9.17) is 4.42 Å². The van der Waals surface area contributed by atoms with Gasteiger partial charge >= 0.3 is 0 Å². The largest absolute Gasteiger partial charge is 0.456 e. The van der Waals surface area contributed by atoms with Gasteiger partial charge in [0.15, 0.2) is 5.76 Å². The lowest BCUT2D eigenvalue weighted by molar-refractivity contribution is -0.00805. The monoisotopic (exact) mass is 279 g/mol. The van der Waals surface area contributed by atoms with Crippen LogP contribution in [-0.4, -0.2) is 23.2 Å². The second-order valence-corrected chi connectivity index (χ2v) is 5.88. The van der Waals surface area contributed by atoms with Crippen LogP contribution < -0.4 is 5.32 Å². The standard InChI is InChI=1S/C16H25NO3/c1-3-12-7-9-16(19,10-8-12)11-17-15(18)14-6-5-13(4-2)20-14/h5-6,12,19H,3-4,7-11H2,1-2H3,(H,17,18). The Morgan fingerprint density at radius 3 is 2.65 bits per heavy atom. The SMILES string of the molecule is CCc1ccc(C(=O)NCC2(O)CCC(CC)CC2)o1. The molecule has 0 saturated heterocycles. The molecule has 0 bridgehead atoms. The molecule has 0 aromatic carbocycles. The fourth-order valence-corrected chi connectivity index (χ4v) is 2.82. The summed E-state index contributed by atoms with van der Waals surface area (Å²) < 4.78 is 5.41. The van der Waals surface area contributed by atoms with Crippen LogP contribution in [0.3, 0.4) is 0 Å². The Morgan fingerprint density at radius 2 is 2.10 bits per heavy atom. The molecule has 4 heteroatoms. The molecule has 0 unspecified atom stereocenters. The van der Waals surface area contributed by atoms with Crippen LogP contribution in [-0.2, 0) is 6.42 Å². The van der Waals surface area contributed by atoms with Crippen molar-refractivity contribution in [3.63, 3.8) is 0 Å². The zero-order valence-corrected chi connectivity index (χ0v) is 12.4. The Balaban J connectivity index is 1.84. The van der Waals surface area contributed by atoms with E-state index in [1.807, 2.05) is 13.0 Å². The quantitative estimate of drug-likeness (QED) is 0.871. The van der Waals surface area contributed by atoms with Crippen LogP contribution in [0.25, 0.3) is 0 Å².